The summed E-state index contributed by atoms with van der Waals surface area (Å²) in [6.07, 6.45) is 1.49. The maximum absolute atomic E-state index is 12.2. The highest BCUT2D eigenvalue weighted by Gasteiger charge is 2.29. The van der Waals surface area contributed by atoms with Crippen molar-refractivity contribution in [1.29, 1.82) is 0 Å². The summed E-state index contributed by atoms with van der Waals surface area (Å²) in [5.74, 6) is 1.46. The van der Waals surface area contributed by atoms with E-state index in [2.05, 4.69) is 57.6 Å². The number of aromatic nitrogens is 4. The summed E-state index contributed by atoms with van der Waals surface area (Å²) < 4.78 is 7.32. The Labute approximate surface area is 187 Å². The molecule has 0 saturated carbocycles. The molecule has 7 nitrogen and oxygen atoms in total. The van der Waals surface area contributed by atoms with E-state index >= 15 is 0 Å². The van der Waals surface area contributed by atoms with Crippen LogP contribution in [0.15, 0.2) is 42.5 Å². The molecule has 0 N–H and O–H groups in total. The summed E-state index contributed by atoms with van der Waals surface area (Å²) in [6.45, 7) is 7.89. The number of esters is 1. The lowest BCUT2D eigenvalue weighted by Gasteiger charge is -2.32. The fourth-order valence-corrected chi connectivity index (χ4v) is 4.52. The van der Waals surface area contributed by atoms with Gasteiger partial charge in [0.25, 0.3) is 0 Å². The Morgan fingerprint density at radius 2 is 1.88 bits per heavy atom. The zero-order chi connectivity index (χ0) is 22.2. The van der Waals surface area contributed by atoms with E-state index in [9.17, 15) is 4.79 Å². The van der Waals surface area contributed by atoms with Crippen molar-refractivity contribution in [2.24, 2.45) is 5.92 Å². The van der Waals surface area contributed by atoms with Gasteiger partial charge in [-0.1, -0.05) is 35.9 Å². The average Bonchev–Trinajstić information content (AvgIpc) is 3.24. The van der Waals surface area contributed by atoms with E-state index in [4.69, 9.17) is 9.72 Å². The van der Waals surface area contributed by atoms with Crippen LogP contribution in [0.25, 0.3) is 27.9 Å². The molecule has 0 bridgehead atoms. The number of anilines is 1. The minimum atomic E-state index is -0.0934. The average molecular weight is 430 g/mol. The number of ether oxygens (including phenoxy) is 1. The molecular weight excluding hydrogens is 402 g/mol. The number of benzene rings is 2. The molecule has 32 heavy (non-hydrogen) atoms. The summed E-state index contributed by atoms with van der Waals surface area (Å²) in [4.78, 5) is 19.5. The van der Waals surface area contributed by atoms with Gasteiger partial charge in [-0.3, -0.25) is 4.79 Å². The predicted octanol–water partition coefficient (Wildman–Crippen LogP) is 4.34. The van der Waals surface area contributed by atoms with E-state index in [1.807, 2.05) is 25.1 Å². The summed E-state index contributed by atoms with van der Waals surface area (Å²) in [5.41, 5.74) is 5.04. The number of nitrogens with zero attached hydrogens (tertiary/aromatic N) is 5. The third kappa shape index (κ3) is 3.47. The maximum Gasteiger partial charge on any atom is 0.309 e. The van der Waals surface area contributed by atoms with Crippen LogP contribution in [-0.2, 0) is 9.53 Å². The molecular formula is C25H27N5O2. The van der Waals surface area contributed by atoms with E-state index in [-0.39, 0.29) is 11.9 Å². The second-order valence-corrected chi connectivity index (χ2v) is 8.44. The molecule has 1 fully saturated rings. The van der Waals surface area contributed by atoms with E-state index in [0.29, 0.717) is 6.61 Å². The van der Waals surface area contributed by atoms with E-state index in [1.54, 1.807) is 0 Å². The minimum absolute atomic E-state index is 0.0541. The van der Waals surface area contributed by atoms with Crippen LogP contribution in [0.3, 0.4) is 0 Å². The third-order valence-corrected chi connectivity index (χ3v) is 6.26. The van der Waals surface area contributed by atoms with Crippen LogP contribution < -0.4 is 4.90 Å². The van der Waals surface area contributed by atoms with Gasteiger partial charge in [0, 0.05) is 24.0 Å². The minimum Gasteiger partial charge on any atom is -0.466 e. The van der Waals surface area contributed by atoms with Crippen LogP contribution in [0, 0.1) is 19.8 Å². The number of carbonyl (C=O) groups is 1. The number of aryl methyl sites for hydroxylation is 2. The molecule has 5 rings (SSSR count). The number of hydrogen-bond donors (Lipinski definition) is 0. The molecule has 2 aromatic carbocycles. The number of piperidine rings is 1. The molecule has 3 heterocycles. The van der Waals surface area contributed by atoms with Crippen LogP contribution in [0.5, 0.6) is 0 Å². The first kappa shape index (κ1) is 20.4. The van der Waals surface area contributed by atoms with Gasteiger partial charge in [-0.05, 0) is 51.3 Å². The first-order valence-electron chi connectivity index (χ1n) is 11.2. The van der Waals surface area contributed by atoms with Gasteiger partial charge in [-0.25, -0.2) is 9.38 Å². The van der Waals surface area contributed by atoms with Crippen molar-refractivity contribution in [3.8, 4) is 11.4 Å². The molecule has 0 atom stereocenters. The lowest BCUT2D eigenvalue weighted by molar-refractivity contribution is -0.148. The van der Waals surface area contributed by atoms with Crippen LogP contribution in [0.1, 0.15) is 30.9 Å². The Morgan fingerprint density at radius 3 is 2.62 bits per heavy atom. The Morgan fingerprint density at radius 1 is 1.09 bits per heavy atom. The summed E-state index contributed by atoms with van der Waals surface area (Å²) in [6, 6.07) is 14.4. The number of rotatable bonds is 4. The van der Waals surface area contributed by atoms with Crippen molar-refractivity contribution in [3.05, 3.63) is 53.6 Å². The molecule has 7 heteroatoms. The Kier molecular flexibility index (Phi) is 5.25. The number of hydrogen-bond acceptors (Lipinski definition) is 6. The molecule has 4 aromatic rings. The number of fused-ring (bicyclic) bond motifs is 3. The standard InChI is InChI=1S/C25H27N5O2/c1-4-32-24(31)18-11-13-29(14-12-18)25-26-21-10-9-16(2)15-20(21)23-28-27-22(30(23)25)19-8-6-5-7-17(19)3/h5-10,15,18H,4,11-14H2,1-3H3. The first-order valence-corrected chi connectivity index (χ1v) is 11.2. The van der Waals surface area contributed by atoms with Gasteiger partial charge < -0.3 is 9.64 Å². The second-order valence-electron chi connectivity index (χ2n) is 8.44. The third-order valence-electron chi connectivity index (χ3n) is 6.26. The predicted molar refractivity (Wildman–Crippen MR) is 125 cm³/mol. The van der Waals surface area contributed by atoms with Crippen molar-refractivity contribution >= 4 is 28.5 Å². The molecule has 0 aliphatic carbocycles. The SMILES string of the molecule is CCOC(=O)C1CCN(c2nc3ccc(C)cc3c3nnc(-c4ccccc4C)n23)CC1. The van der Waals surface area contributed by atoms with E-state index in [1.165, 1.54) is 0 Å². The molecule has 2 aromatic heterocycles. The Bertz CT molecular complexity index is 1300. The summed E-state index contributed by atoms with van der Waals surface area (Å²) in [5, 5.41) is 10.2. The molecule has 0 amide bonds. The van der Waals surface area contributed by atoms with E-state index < -0.39 is 0 Å². The highest BCUT2D eigenvalue weighted by atomic mass is 16.5. The Balaban J connectivity index is 1.64. The van der Waals surface area contributed by atoms with Crippen molar-refractivity contribution in [3.63, 3.8) is 0 Å². The molecule has 0 unspecified atom stereocenters. The van der Waals surface area contributed by atoms with Gasteiger partial charge in [0.05, 0.1) is 18.0 Å². The molecule has 164 valence electrons. The van der Waals surface area contributed by atoms with Crippen LogP contribution >= 0.6 is 0 Å². The normalized spacial score (nSPS) is 14.9. The largest absolute Gasteiger partial charge is 0.466 e. The Hall–Kier alpha value is -3.48. The van der Waals surface area contributed by atoms with Crippen LogP contribution in [0.4, 0.5) is 5.95 Å². The molecule has 0 radical (unpaired) electrons. The lowest BCUT2D eigenvalue weighted by Crippen LogP contribution is -2.38. The van der Waals surface area contributed by atoms with Crippen LogP contribution in [0.2, 0.25) is 0 Å². The maximum atomic E-state index is 12.2. The zero-order valence-electron chi connectivity index (χ0n) is 18.7. The summed E-state index contributed by atoms with van der Waals surface area (Å²) >= 11 is 0. The molecule has 1 saturated heterocycles. The van der Waals surface area contributed by atoms with Crippen molar-refractivity contribution < 1.29 is 9.53 Å². The van der Waals surface area contributed by atoms with Crippen LogP contribution in [-0.4, -0.2) is 45.2 Å². The number of carbonyl (C=O) groups excluding carboxylic acids is 1. The monoisotopic (exact) mass is 429 g/mol. The topological polar surface area (TPSA) is 72.6 Å². The van der Waals surface area contributed by atoms with Crippen molar-refractivity contribution in [2.75, 3.05) is 24.6 Å². The van der Waals surface area contributed by atoms with Crippen molar-refractivity contribution in [2.45, 2.75) is 33.6 Å². The van der Waals surface area contributed by atoms with Gasteiger partial charge in [0.15, 0.2) is 11.5 Å². The quantitative estimate of drug-likeness (QED) is 0.449. The highest BCUT2D eigenvalue weighted by molar-refractivity contribution is 5.94. The second kappa shape index (κ2) is 8.22. The van der Waals surface area contributed by atoms with E-state index in [0.717, 1.165) is 70.9 Å². The first-order chi connectivity index (χ1) is 15.6. The smallest absolute Gasteiger partial charge is 0.309 e. The van der Waals surface area contributed by atoms with Gasteiger partial charge >= 0.3 is 5.97 Å². The van der Waals surface area contributed by atoms with Gasteiger partial charge in [0.2, 0.25) is 5.95 Å². The lowest BCUT2D eigenvalue weighted by atomic mass is 9.97. The fourth-order valence-electron chi connectivity index (χ4n) is 4.52. The zero-order valence-corrected chi connectivity index (χ0v) is 18.7. The highest BCUT2D eigenvalue weighted by Crippen LogP contribution is 2.32. The molecule has 1 aliphatic rings. The summed E-state index contributed by atoms with van der Waals surface area (Å²) in [7, 11) is 0. The fraction of sp³-hybridized carbons (Fsp3) is 0.360. The van der Waals surface area contributed by atoms with Gasteiger partial charge in [-0.2, -0.15) is 0 Å². The molecule has 0 spiro atoms. The van der Waals surface area contributed by atoms with Gasteiger partial charge in [-0.15, -0.1) is 10.2 Å². The molecule has 1 aliphatic heterocycles. The van der Waals surface area contributed by atoms with Gasteiger partial charge in [0.1, 0.15) is 0 Å². The van der Waals surface area contributed by atoms with Crippen molar-refractivity contribution in [1.82, 2.24) is 19.6 Å².